The maximum absolute atomic E-state index is 12.1. The highest BCUT2D eigenvalue weighted by atomic mass is 79.9. The smallest absolute Gasteiger partial charge is 0.207 e. The van der Waals surface area contributed by atoms with Gasteiger partial charge >= 0.3 is 0 Å². The lowest BCUT2D eigenvalue weighted by Crippen LogP contribution is -1.99. The summed E-state index contributed by atoms with van der Waals surface area (Å²) in [6.07, 6.45) is 0. The fourth-order valence-electron chi connectivity index (χ4n) is 1.43. The number of rotatable bonds is 2. The van der Waals surface area contributed by atoms with E-state index in [9.17, 15) is 4.79 Å². The first-order chi connectivity index (χ1) is 7.09. The van der Waals surface area contributed by atoms with Gasteiger partial charge in [-0.3, -0.25) is 4.79 Å². The number of ketones is 1. The van der Waals surface area contributed by atoms with Gasteiger partial charge in [-0.2, -0.15) is 0 Å². The van der Waals surface area contributed by atoms with Crippen molar-refractivity contribution in [2.45, 2.75) is 13.8 Å². The molecule has 0 amide bonds. The van der Waals surface area contributed by atoms with Crippen LogP contribution in [0.15, 0.2) is 26.4 Å². The molecule has 2 heterocycles. The third-order valence-electron chi connectivity index (χ3n) is 2.11. The van der Waals surface area contributed by atoms with E-state index in [2.05, 4.69) is 15.9 Å². The number of carbonyl (C=O) groups is 1. The molecule has 2 aromatic rings. The Morgan fingerprint density at radius 3 is 2.67 bits per heavy atom. The zero-order valence-electron chi connectivity index (χ0n) is 8.33. The molecule has 0 saturated carbocycles. The molecule has 2 aromatic heterocycles. The van der Waals surface area contributed by atoms with E-state index >= 15 is 0 Å². The van der Waals surface area contributed by atoms with Crippen LogP contribution in [-0.4, -0.2) is 5.78 Å². The molecule has 0 radical (unpaired) electrons. The van der Waals surface area contributed by atoms with Gasteiger partial charge in [0, 0.05) is 4.47 Å². The summed E-state index contributed by atoms with van der Waals surface area (Å²) in [5, 5.41) is 1.89. The van der Waals surface area contributed by atoms with Crippen LogP contribution in [0.5, 0.6) is 0 Å². The number of halogens is 1. The van der Waals surface area contributed by atoms with Gasteiger partial charge in [0.25, 0.3) is 0 Å². The molecule has 0 saturated heterocycles. The quantitative estimate of drug-likeness (QED) is 0.782. The number of furan rings is 1. The van der Waals surface area contributed by atoms with Crippen molar-refractivity contribution in [1.29, 1.82) is 0 Å². The third-order valence-corrected chi connectivity index (χ3v) is 3.95. The van der Waals surface area contributed by atoms with Gasteiger partial charge < -0.3 is 4.42 Å². The average Bonchev–Trinajstić information content (AvgIpc) is 2.71. The van der Waals surface area contributed by atoms with Gasteiger partial charge in [-0.05, 0) is 47.3 Å². The molecule has 15 heavy (non-hydrogen) atoms. The molecule has 0 aromatic carbocycles. The SMILES string of the molecule is Cc1cc(C(=O)c2sccc2Br)c(C)o1. The monoisotopic (exact) mass is 284 g/mol. The molecule has 0 bridgehead atoms. The second-order valence-corrected chi connectivity index (χ2v) is 5.02. The fraction of sp³-hybridized carbons (Fsp3) is 0.182. The highest BCUT2D eigenvalue weighted by Gasteiger charge is 2.18. The summed E-state index contributed by atoms with van der Waals surface area (Å²) in [5.74, 6) is 1.47. The summed E-state index contributed by atoms with van der Waals surface area (Å²) in [6.45, 7) is 3.65. The molecular weight excluding hydrogens is 276 g/mol. The Morgan fingerprint density at radius 2 is 2.20 bits per heavy atom. The van der Waals surface area contributed by atoms with Gasteiger partial charge in [0.2, 0.25) is 5.78 Å². The molecule has 0 fully saturated rings. The molecule has 0 spiro atoms. The van der Waals surface area contributed by atoms with Crippen molar-refractivity contribution >= 4 is 33.0 Å². The Hall–Kier alpha value is -0.870. The Labute approximate surface area is 100 Å². The number of hydrogen-bond donors (Lipinski definition) is 0. The number of hydrogen-bond acceptors (Lipinski definition) is 3. The molecule has 78 valence electrons. The molecule has 0 aliphatic rings. The summed E-state index contributed by atoms with van der Waals surface area (Å²) in [4.78, 5) is 12.8. The minimum atomic E-state index is 0.0197. The van der Waals surface area contributed by atoms with Gasteiger partial charge in [0.1, 0.15) is 11.5 Å². The minimum absolute atomic E-state index is 0.0197. The van der Waals surface area contributed by atoms with Crippen LogP contribution in [0, 0.1) is 13.8 Å². The topological polar surface area (TPSA) is 30.2 Å². The molecule has 2 nitrogen and oxygen atoms in total. The zero-order valence-corrected chi connectivity index (χ0v) is 10.7. The molecule has 0 aliphatic heterocycles. The second kappa shape index (κ2) is 3.94. The third kappa shape index (κ3) is 1.92. The van der Waals surface area contributed by atoms with E-state index in [-0.39, 0.29) is 5.78 Å². The first kappa shape index (κ1) is 10.6. The van der Waals surface area contributed by atoms with E-state index in [0.29, 0.717) is 11.3 Å². The lowest BCUT2D eigenvalue weighted by Gasteiger charge is -1.95. The highest BCUT2D eigenvalue weighted by Crippen LogP contribution is 2.27. The van der Waals surface area contributed by atoms with E-state index in [0.717, 1.165) is 15.1 Å². The van der Waals surface area contributed by atoms with Crippen LogP contribution >= 0.6 is 27.3 Å². The zero-order chi connectivity index (χ0) is 11.0. The Kier molecular flexibility index (Phi) is 2.80. The Morgan fingerprint density at radius 1 is 1.47 bits per heavy atom. The van der Waals surface area contributed by atoms with Gasteiger partial charge in [-0.25, -0.2) is 0 Å². The molecule has 4 heteroatoms. The number of aryl methyl sites for hydroxylation is 2. The van der Waals surface area contributed by atoms with E-state index < -0.39 is 0 Å². The first-order valence-electron chi connectivity index (χ1n) is 4.44. The number of carbonyl (C=O) groups excluding carboxylic acids is 1. The van der Waals surface area contributed by atoms with E-state index in [1.165, 1.54) is 11.3 Å². The van der Waals surface area contributed by atoms with Crippen molar-refractivity contribution in [2.75, 3.05) is 0 Å². The lowest BCUT2D eigenvalue weighted by atomic mass is 10.1. The molecular formula is C11H9BrO2S. The van der Waals surface area contributed by atoms with Crippen LogP contribution in [0.25, 0.3) is 0 Å². The van der Waals surface area contributed by atoms with Crippen molar-refractivity contribution in [3.63, 3.8) is 0 Å². The number of thiophene rings is 1. The van der Waals surface area contributed by atoms with Crippen molar-refractivity contribution in [3.8, 4) is 0 Å². The summed E-state index contributed by atoms with van der Waals surface area (Å²) in [7, 11) is 0. The predicted octanol–water partition coefficient (Wildman–Crippen LogP) is 3.95. The van der Waals surface area contributed by atoms with Crippen molar-refractivity contribution in [3.05, 3.63) is 43.9 Å². The van der Waals surface area contributed by atoms with Gasteiger partial charge in [-0.1, -0.05) is 0 Å². The minimum Gasteiger partial charge on any atom is -0.466 e. The van der Waals surface area contributed by atoms with Crippen LogP contribution in [0.2, 0.25) is 0 Å². The first-order valence-corrected chi connectivity index (χ1v) is 6.11. The molecule has 0 atom stereocenters. The largest absolute Gasteiger partial charge is 0.466 e. The van der Waals surface area contributed by atoms with Crippen molar-refractivity contribution in [1.82, 2.24) is 0 Å². The Bertz CT molecular complexity index is 510. The van der Waals surface area contributed by atoms with Gasteiger partial charge in [-0.15, -0.1) is 11.3 Å². The predicted molar refractivity (Wildman–Crippen MR) is 63.6 cm³/mol. The van der Waals surface area contributed by atoms with Crippen LogP contribution in [-0.2, 0) is 0 Å². The molecule has 0 aliphatic carbocycles. The molecule has 0 N–H and O–H groups in total. The van der Waals surface area contributed by atoms with E-state index in [4.69, 9.17) is 4.42 Å². The summed E-state index contributed by atoms with van der Waals surface area (Å²) < 4.78 is 6.19. The standard InChI is InChI=1S/C11H9BrO2S/c1-6-5-8(7(2)14-6)10(13)11-9(12)3-4-15-11/h3-5H,1-2H3. The van der Waals surface area contributed by atoms with Gasteiger partial charge in [0.05, 0.1) is 10.4 Å². The average molecular weight is 285 g/mol. The van der Waals surface area contributed by atoms with Gasteiger partial charge in [0.15, 0.2) is 0 Å². The summed E-state index contributed by atoms with van der Waals surface area (Å²) in [5.41, 5.74) is 0.649. The molecule has 0 unspecified atom stereocenters. The maximum Gasteiger partial charge on any atom is 0.207 e. The van der Waals surface area contributed by atoms with Crippen LogP contribution in [0.1, 0.15) is 26.8 Å². The maximum atomic E-state index is 12.1. The fourth-order valence-corrected chi connectivity index (χ4v) is 2.94. The Balaban J connectivity index is 2.45. The second-order valence-electron chi connectivity index (χ2n) is 3.25. The van der Waals surface area contributed by atoms with Crippen LogP contribution < -0.4 is 0 Å². The van der Waals surface area contributed by atoms with E-state index in [1.807, 2.05) is 25.3 Å². The highest BCUT2D eigenvalue weighted by molar-refractivity contribution is 9.10. The van der Waals surface area contributed by atoms with Crippen LogP contribution in [0.4, 0.5) is 0 Å². The summed E-state index contributed by atoms with van der Waals surface area (Å²) in [6, 6.07) is 3.66. The van der Waals surface area contributed by atoms with Crippen molar-refractivity contribution in [2.24, 2.45) is 0 Å². The molecule has 2 rings (SSSR count). The van der Waals surface area contributed by atoms with E-state index in [1.54, 1.807) is 6.07 Å². The lowest BCUT2D eigenvalue weighted by molar-refractivity contribution is 0.104. The summed E-state index contributed by atoms with van der Waals surface area (Å²) >= 11 is 4.79. The van der Waals surface area contributed by atoms with Crippen molar-refractivity contribution < 1.29 is 9.21 Å². The normalized spacial score (nSPS) is 10.6. The van der Waals surface area contributed by atoms with Crippen LogP contribution in [0.3, 0.4) is 0 Å².